The lowest BCUT2D eigenvalue weighted by molar-refractivity contribution is -0.123. The molecule has 0 bridgehead atoms. The van der Waals surface area contributed by atoms with Crippen LogP contribution in [0.15, 0.2) is 91.0 Å². The lowest BCUT2D eigenvalue weighted by Crippen LogP contribution is -2.53. The topological polar surface area (TPSA) is 268 Å². The van der Waals surface area contributed by atoms with Crippen molar-refractivity contribution in [1.82, 2.24) is 24.5 Å². The number of carbonyl (C=O) groups is 4. The van der Waals surface area contributed by atoms with E-state index >= 15 is 0 Å². The monoisotopic (exact) mass is 1260 g/mol. The van der Waals surface area contributed by atoms with Crippen molar-refractivity contribution < 1.29 is 37.4 Å². The Morgan fingerprint density at radius 1 is 0.511 bits per heavy atom. The van der Waals surface area contributed by atoms with Gasteiger partial charge in [0.05, 0.1) is 42.2 Å². The summed E-state index contributed by atoms with van der Waals surface area (Å²) in [5.41, 5.74) is 15.2. The molecule has 4 unspecified atom stereocenters. The molecule has 7 heterocycles. The Labute approximate surface area is 531 Å². The van der Waals surface area contributed by atoms with Crippen LogP contribution in [0.2, 0.25) is 0 Å². The SMILES string of the molecule is CNc1ccc2c(c1)NC(=O)C(N(C)C1CCOCC1)C2.CNc1ccc2c(c1)NC(=O)C(N(C)CCN(C)C)C2.CNc1ccc2c(c1)NC(=O)C(N(C)CCO)C2.CNc1ccc2c(c1)NC(=O)C(N1CCC1)C2.CNc1ccc2c(c1)NS(=O)(=O)CC2. The van der Waals surface area contributed by atoms with E-state index < -0.39 is 10.0 Å². The molecule has 0 aliphatic carbocycles. The number of aliphatic hydroxyl groups excluding tert-OH is 1. The summed E-state index contributed by atoms with van der Waals surface area (Å²) in [6.07, 6.45) is 6.89. The molecular weight excluding hydrogens is 1160 g/mol. The number of fused-ring (bicyclic) bond motifs is 5. The van der Waals surface area contributed by atoms with Gasteiger partial charge in [0.15, 0.2) is 0 Å². The minimum Gasteiger partial charge on any atom is -0.395 e. The molecule has 4 atom stereocenters. The Morgan fingerprint density at radius 2 is 0.900 bits per heavy atom. The van der Waals surface area contributed by atoms with Crippen molar-refractivity contribution in [1.29, 1.82) is 0 Å². The number of aliphatic hydroxyl groups is 1. The van der Waals surface area contributed by atoms with E-state index in [1.807, 2.05) is 122 Å². The zero-order chi connectivity index (χ0) is 64.6. The van der Waals surface area contributed by atoms with Gasteiger partial charge in [0.25, 0.3) is 0 Å². The van der Waals surface area contributed by atoms with Crippen molar-refractivity contribution in [3.05, 3.63) is 119 Å². The molecule has 5 aromatic rings. The van der Waals surface area contributed by atoms with Crippen molar-refractivity contribution in [3.8, 4) is 0 Å². The lowest BCUT2D eigenvalue weighted by atomic mass is 9.95. The number of anilines is 10. The van der Waals surface area contributed by atoms with Gasteiger partial charge in [0, 0.05) is 138 Å². The molecule has 7 aliphatic rings. The molecule has 23 nitrogen and oxygen atoms in total. The van der Waals surface area contributed by atoms with E-state index in [1.54, 1.807) is 7.05 Å². The fraction of sp³-hybridized carbons (Fsp3) is 0.485. The third-order valence-corrected chi connectivity index (χ3v) is 19.1. The molecule has 2 saturated heterocycles. The smallest absolute Gasteiger partial charge is 0.242 e. The van der Waals surface area contributed by atoms with Gasteiger partial charge in [-0.2, -0.15) is 0 Å². The molecule has 5 aromatic carbocycles. The molecule has 90 heavy (non-hydrogen) atoms. The van der Waals surface area contributed by atoms with E-state index in [4.69, 9.17) is 9.84 Å². The quantitative estimate of drug-likeness (QED) is 0.0607. The van der Waals surface area contributed by atoms with Gasteiger partial charge in [0.1, 0.15) is 0 Å². The zero-order valence-electron chi connectivity index (χ0n) is 54.0. The van der Waals surface area contributed by atoms with E-state index in [1.165, 1.54) is 23.1 Å². The predicted molar refractivity (Wildman–Crippen MR) is 364 cm³/mol. The normalized spacial score (nSPS) is 20.3. The maximum Gasteiger partial charge on any atom is 0.242 e. The van der Waals surface area contributed by atoms with E-state index in [0.717, 1.165) is 134 Å². The summed E-state index contributed by atoms with van der Waals surface area (Å²) in [7, 11) is 16.2. The van der Waals surface area contributed by atoms with Crippen molar-refractivity contribution in [2.75, 3.05) is 181 Å². The Balaban J connectivity index is 0.000000146. The summed E-state index contributed by atoms with van der Waals surface area (Å²) in [4.78, 5) is 59.3. The minimum atomic E-state index is -3.10. The Kier molecular flexibility index (Phi) is 24.3. The molecule has 11 N–H and O–H groups in total. The number of likely N-dealkylation sites (tertiary alicyclic amines) is 1. The summed E-state index contributed by atoms with van der Waals surface area (Å²) >= 11 is 0. The summed E-state index contributed by atoms with van der Waals surface area (Å²) < 4.78 is 30.5. The first-order valence-corrected chi connectivity index (χ1v) is 32.9. The van der Waals surface area contributed by atoms with Crippen LogP contribution in [0.25, 0.3) is 0 Å². The van der Waals surface area contributed by atoms with Gasteiger partial charge in [-0.25, -0.2) is 8.42 Å². The van der Waals surface area contributed by atoms with Crippen LogP contribution in [0.1, 0.15) is 47.1 Å². The van der Waals surface area contributed by atoms with Crippen LogP contribution in [-0.2, 0) is 66.0 Å². The molecule has 0 aromatic heterocycles. The standard InChI is InChI=1S/C16H23N3O2.C15H24N4O.C13H19N3O2.C13H17N3O.C9H12N2O2S/c1-17-12-4-3-11-9-15(16(20)18-14(11)10-12)19(2)13-5-7-21-8-6-13;1-16-12-6-5-11-9-14(15(20)17-13(11)10-12)19(4)8-7-18(2)3;1-14-10-4-3-9-7-12(16(2)5-6-17)13(18)15-11(9)8-10;1-14-10-4-3-9-7-12(16-5-2-6-16)13(17)15-11(9)8-10;1-10-8-3-2-7-4-5-14(12,13)11-9(7)6-8/h3-4,10,13,15,17H,5-9H2,1-2H3,(H,18,20);5-6,10,14,16H,7-9H2,1-4H3,(H,17,20);3-4,8,12,14,17H,5-7H2,1-2H3,(H,15,18);3-4,8,12,14H,2,5-7H2,1H3,(H,15,17);2-3,6,10-11H,4-5H2,1H3. The first kappa shape index (κ1) is 68.4. The van der Waals surface area contributed by atoms with Gasteiger partial charge < -0.3 is 62.6 Å². The highest BCUT2D eigenvalue weighted by atomic mass is 32.2. The maximum absolute atomic E-state index is 12.4. The molecule has 2 fully saturated rings. The molecule has 488 valence electrons. The van der Waals surface area contributed by atoms with Crippen LogP contribution in [0.3, 0.4) is 0 Å². The predicted octanol–water partition coefficient (Wildman–Crippen LogP) is 5.63. The lowest BCUT2D eigenvalue weighted by Gasteiger charge is -2.39. The number of nitrogens with one attached hydrogen (secondary N) is 10. The first-order chi connectivity index (χ1) is 43.2. The number of rotatable bonds is 15. The number of amides is 4. The number of nitrogens with zero attached hydrogens (tertiary/aromatic N) is 5. The second kappa shape index (κ2) is 32.0. The number of likely N-dealkylation sites (N-methyl/N-ethyl adjacent to an activating group) is 4. The van der Waals surface area contributed by atoms with Crippen LogP contribution in [0.4, 0.5) is 56.9 Å². The fourth-order valence-corrected chi connectivity index (χ4v) is 13.0. The molecule has 0 spiro atoms. The summed E-state index contributed by atoms with van der Waals surface area (Å²) in [6, 6.07) is 30.2. The number of sulfonamides is 1. The molecular formula is C66H95N15O8S. The number of benzene rings is 5. The molecule has 12 rings (SSSR count). The van der Waals surface area contributed by atoms with Gasteiger partial charge in [-0.3, -0.25) is 43.5 Å². The van der Waals surface area contributed by atoms with Gasteiger partial charge in [0.2, 0.25) is 33.7 Å². The van der Waals surface area contributed by atoms with E-state index in [9.17, 15) is 27.6 Å². The van der Waals surface area contributed by atoms with Crippen LogP contribution >= 0.6 is 0 Å². The van der Waals surface area contributed by atoms with Crippen molar-refractivity contribution in [2.24, 2.45) is 0 Å². The molecule has 0 saturated carbocycles. The summed E-state index contributed by atoms with van der Waals surface area (Å²) in [5.74, 6) is 0.507. The van der Waals surface area contributed by atoms with E-state index in [2.05, 4.69) is 110 Å². The number of ether oxygens (including phenoxy) is 1. The van der Waals surface area contributed by atoms with Crippen molar-refractivity contribution in [2.45, 2.75) is 81.6 Å². The summed E-state index contributed by atoms with van der Waals surface area (Å²) in [5, 5.41) is 36.2. The molecule has 24 heteroatoms. The number of hydrogen-bond donors (Lipinski definition) is 11. The highest BCUT2D eigenvalue weighted by Gasteiger charge is 2.36. The Bertz CT molecular complexity index is 3400. The van der Waals surface area contributed by atoms with Gasteiger partial charge in [-0.15, -0.1) is 0 Å². The van der Waals surface area contributed by atoms with Crippen LogP contribution in [0.5, 0.6) is 0 Å². The molecule has 0 radical (unpaired) electrons. The van der Waals surface area contributed by atoms with Crippen LogP contribution < -0.4 is 52.6 Å². The second-order valence-corrected chi connectivity index (χ2v) is 25.8. The fourth-order valence-electron chi connectivity index (χ4n) is 11.8. The average Bonchev–Trinajstić information content (AvgIpc) is 2.78. The van der Waals surface area contributed by atoms with Crippen molar-refractivity contribution >= 4 is 90.5 Å². The minimum absolute atomic E-state index is 0.00768. The molecule has 7 aliphatic heterocycles. The first-order valence-electron chi connectivity index (χ1n) is 31.2. The maximum atomic E-state index is 12.4. The largest absolute Gasteiger partial charge is 0.395 e. The second-order valence-electron chi connectivity index (χ2n) is 24.0. The van der Waals surface area contributed by atoms with Crippen LogP contribution in [0, 0.1) is 0 Å². The Hall–Kier alpha value is -7.55. The van der Waals surface area contributed by atoms with Gasteiger partial charge in [-0.05, 0) is 175 Å². The highest BCUT2D eigenvalue weighted by molar-refractivity contribution is 7.92. The van der Waals surface area contributed by atoms with E-state index in [-0.39, 0.29) is 60.2 Å². The summed E-state index contributed by atoms with van der Waals surface area (Å²) in [6.45, 7) is 6.11. The van der Waals surface area contributed by atoms with Crippen LogP contribution in [-0.4, -0.2) is 221 Å². The van der Waals surface area contributed by atoms with Gasteiger partial charge >= 0.3 is 0 Å². The number of hydrogen-bond acceptors (Lipinski definition) is 18. The molecule has 4 amide bonds. The number of carbonyl (C=O) groups excluding carboxylic acids is 4. The third-order valence-electron chi connectivity index (χ3n) is 17.8. The number of aryl methyl sites for hydroxylation is 1. The van der Waals surface area contributed by atoms with Gasteiger partial charge in [-0.1, -0.05) is 30.3 Å². The highest BCUT2D eigenvalue weighted by Crippen LogP contribution is 2.33. The van der Waals surface area contributed by atoms with Crippen molar-refractivity contribution in [3.63, 3.8) is 0 Å². The average molecular weight is 1260 g/mol. The Morgan fingerprint density at radius 3 is 1.31 bits per heavy atom. The van der Waals surface area contributed by atoms with E-state index in [0.29, 0.717) is 31.1 Å². The zero-order valence-corrected chi connectivity index (χ0v) is 54.8. The third kappa shape index (κ3) is 17.9.